The van der Waals surface area contributed by atoms with E-state index < -0.39 is 0 Å². The summed E-state index contributed by atoms with van der Waals surface area (Å²) in [4.78, 5) is 0. The predicted molar refractivity (Wildman–Crippen MR) is 64.7 cm³/mol. The molecule has 0 spiro atoms. The molecule has 1 aliphatic heterocycles. The Balaban J connectivity index is 2.05. The molecule has 1 heterocycles. The second-order valence-electron chi connectivity index (χ2n) is 4.20. The Kier molecular flexibility index (Phi) is 3.95. The van der Waals surface area contributed by atoms with Crippen LogP contribution < -0.4 is 5.73 Å². The molecule has 88 valence electrons. The molecular formula is C12H15BrFNO. The first kappa shape index (κ1) is 12.0. The molecule has 2 rings (SSSR count). The Labute approximate surface area is 103 Å². The largest absolute Gasteiger partial charge is 0.381 e. The van der Waals surface area contributed by atoms with Gasteiger partial charge in [-0.1, -0.05) is 12.1 Å². The van der Waals surface area contributed by atoms with Crippen molar-refractivity contribution >= 4 is 15.9 Å². The van der Waals surface area contributed by atoms with E-state index in [2.05, 4.69) is 15.9 Å². The van der Waals surface area contributed by atoms with Gasteiger partial charge in [-0.3, -0.25) is 0 Å². The summed E-state index contributed by atoms with van der Waals surface area (Å²) in [6.07, 6.45) is 1.69. The Bertz CT molecular complexity index is 366. The van der Waals surface area contributed by atoms with Crippen LogP contribution >= 0.6 is 15.9 Å². The van der Waals surface area contributed by atoms with Gasteiger partial charge in [0.05, 0.1) is 11.1 Å². The highest BCUT2D eigenvalue weighted by Crippen LogP contribution is 2.24. The van der Waals surface area contributed by atoms with Crippen LogP contribution in [0.5, 0.6) is 0 Å². The maximum atomic E-state index is 13.3. The minimum absolute atomic E-state index is 0.0422. The Morgan fingerprint density at radius 2 is 2.38 bits per heavy atom. The number of hydrogen-bond acceptors (Lipinski definition) is 2. The molecule has 16 heavy (non-hydrogen) atoms. The van der Waals surface area contributed by atoms with Crippen molar-refractivity contribution in [1.29, 1.82) is 0 Å². The van der Waals surface area contributed by atoms with E-state index in [4.69, 9.17) is 10.5 Å². The summed E-state index contributed by atoms with van der Waals surface area (Å²) in [5, 5.41) is 0. The summed E-state index contributed by atoms with van der Waals surface area (Å²) in [7, 11) is 0. The van der Waals surface area contributed by atoms with E-state index >= 15 is 0 Å². The number of benzene rings is 1. The topological polar surface area (TPSA) is 35.2 Å². The average molecular weight is 288 g/mol. The molecule has 0 saturated carbocycles. The Hall–Kier alpha value is -0.450. The number of nitrogens with two attached hydrogens (primary N) is 1. The summed E-state index contributed by atoms with van der Waals surface area (Å²) in [6.45, 7) is 1.52. The van der Waals surface area contributed by atoms with Gasteiger partial charge in [0.25, 0.3) is 0 Å². The van der Waals surface area contributed by atoms with E-state index in [1.807, 2.05) is 6.07 Å². The summed E-state index contributed by atoms with van der Waals surface area (Å²) >= 11 is 3.26. The molecule has 2 unspecified atom stereocenters. The monoisotopic (exact) mass is 287 g/mol. The summed E-state index contributed by atoms with van der Waals surface area (Å²) in [5.74, 6) is 0.169. The molecule has 0 aliphatic carbocycles. The maximum absolute atomic E-state index is 13.3. The predicted octanol–water partition coefficient (Wildman–Crippen LogP) is 2.49. The van der Waals surface area contributed by atoms with E-state index in [0.717, 1.165) is 25.2 Å². The molecule has 0 aromatic heterocycles. The van der Waals surface area contributed by atoms with Crippen molar-refractivity contribution in [2.45, 2.75) is 18.9 Å². The molecule has 1 aromatic rings. The van der Waals surface area contributed by atoms with Crippen LogP contribution in [0.2, 0.25) is 0 Å². The molecule has 2 nitrogen and oxygen atoms in total. The van der Waals surface area contributed by atoms with Crippen LogP contribution in [-0.2, 0) is 11.2 Å². The molecule has 4 heteroatoms. The van der Waals surface area contributed by atoms with Crippen molar-refractivity contribution in [3.8, 4) is 0 Å². The van der Waals surface area contributed by atoms with E-state index in [0.29, 0.717) is 16.8 Å². The second kappa shape index (κ2) is 5.25. The SMILES string of the molecule is NC(Cc1cccc(F)c1Br)C1CCOC1. The van der Waals surface area contributed by atoms with Crippen LogP contribution in [0.25, 0.3) is 0 Å². The van der Waals surface area contributed by atoms with Gasteiger partial charge in [0.1, 0.15) is 5.82 Å². The van der Waals surface area contributed by atoms with Gasteiger partial charge in [-0.05, 0) is 46.3 Å². The molecule has 0 bridgehead atoms. The maximum Gasteiger partial charge on any atom is 0.137 e. The molecule has 1 aliphatic rings. The zero-order valence-corrected chi connectivity index (χ0v) is 10.5. The fourth-order valence-electron chi connectivity index (χ4n) is 2.02. The number of ether oxygens (including phenoxy) is 1. The van der Waals surface area contributed by atoms with E-state index in [9.17, 15) is 4.39 Å². The van der Waals surface area contributed by atoms with Crippen LogP contribution in [0.1, 0.15) is 12.0 Å². The van der Waals surface area contributed by atoms with Crippen LogP contribution in [0.3, 0.4) is 0 Å². The third-order valence-corrected chi connectivity index (χ3v) is 3.95. The lowest BCUT2D eigenvalue weighted by atomic mass is 9.94. The first-order valence-electron chi connectivity index (χ1n) is 5.44. The van der Waals surface area contributed by atoms with Gasteiger partial charge < -0.3 is 10.5 Å². The quantitative estimate of drug-likeness (QED) is 0.927. The molecule has 1 saturated heterocycles. The molecule has 0 amide bonds. The van der Waals surface area contributed by atoms with E-state index in [1.165, 1.54) is 6.07 Å². The lowest BCUT2D eigenvalue weighted by Crippen LogP contribution is -2.32. The standard InChI is InChI=1S/C12H15BrFNO/c13-12-8(2-1-3-10(12)14)6-11(15)9-4-5-16-7-9/h1-3,9,11H,4-7,15H2. The van der Waals surface area contributed by atoms with Crippen molar-refractivity contribution < 1.29 is 9.13 Å². The zero-order valence-electron chi connectivity index (χ0n) is 8.96. The van der Waals surface area contributed by atoms with Gasteiger partial charge in [0.15, 0.2) is 0 Å². The lowest BCUT2D eigenvalue weighted by Gasteiger charge is -2.18. The molecule has 1 fully saturated rings. The Morgan fingerprint density at radius 3 is 3.06 bits per heavy atom. The molecule has 1 aromatic carbocycles. The molecular weight excluding hydrogens is 273 g/mol. The van der Waals surface area contributed by atoms with Crippen molar-refractivity contribution in [1.82, 2.24) is 0 Å². The molecule has 2 N–H and O–H groups in total. The van der Waals surface area contributed by atoms with Crippen molar-refractivity contribution in [2.75, 3.05) is 13.2 Å². The average Bonchev–Trinajstić information content (AvgIpc) is 2.78. The minimum Gasteiger partial charge on any atom is -0.381 e. The van der Waals surface area contributed by atoms with Crippen LogP contribution in [-0.4, -0.2) is 19.3 Å². The first-order chi connectivity index (χ1) is 7.68. The summed E-state index contributed by atoms with van der Waals surface area (Å²) < 4.78 is 19.1. The highest BCUT2D eigenvalue weighted by atomic mass is 79.9. The fourth-order valence-corrected chi connectivity index (χ4v) is 2.44. The molecule has 2 atom stereocenters. The van der Waals surface area contributed by atoms with Crippen LogP contribution in [0.15, 0.2) is 22.7 Å². The zero-order chi connectivity index (χ0) is 11.5. The van der Waals surface area contributed by atoms with Gasteiger partial charge in [-0.25, -0.2) is 4.39 Å². The second-order valence-corrected chi connectivity index (χ2v) is 5.00. The lowest BCUT2D eigenvalue weighted by molar-refractivity contribution is 0.180. The fraction of sp³-hybridized carbons (Fsp3) is 0.500. The normalized spacial score (nSPS) is 22.3. The number of hydrogen-bond donors (Lipinski definition) is 1. The summed E-state index contributed by atoms with van der Waals surface area (Å²) in [5.41, 5.74) is 7.04. The third-order valence-electron chi connectivity index (χ3n) is 3.06. The van der Waals surface area contributed by atoms with E-state index in [1.54, 1.807) is 6.07 Å². The number of halogens is 2. The highest BCUT2D eigenvalue weighted by Gasteiger charge is 2.23. The minimum atomic E-state index is -0.229. The van der Waals surface area contributed by atoms with Crippen molar-refractivity contribution in [3.63, 3.8) is 0 Å². The van der Waals surface area contributed by atoms with Gasteiger partial charge in [0.2, 0.25) is 0 Å². The van der Waals surface area contributed by atoms with Crippen LogP contribution in [0.4, 0.5) is 4.39 Å². The van der Waals surface area contributed by atoms with Crippen LogP contribution in [0, 0.1) is 11.7 Å². The van der Waals surface area contributed by atoms with Crippen molar-refractivity contribution in [2.24, 2.45) is 11.7 Å². The van der Waals surface area contributed by atoms with Gasteiger partial charge in [0, 0.05) is 12.6 Å². The first-order valence-corrected chi connectivity index (χ1v) is 6.24. The van der Waals surface area contributed by atoms with Gasteiger partial charge in [-0.2, -0.15) is 0 Å². The third kappa shape index (κ3) is 2.62. The van der Waals surface area contributed by atoms with Gasteiger partial charge >= 0.3 is 0 Å². The Morgan fingerprint density at radius 1 is 1.56 bits per heavy atom. The number of rotatable bonds is 3. The smallest absolute Gasteiger partial charge is 0.137 e. The molecule has 0 radical (unpaired) electrons. The van der Waals surface area contributed by atoms with Gasteiger partial charge in [-0.15, -0.1) is 0 Å². The highest BCUT2D eigenvalue weighted by molar-refractivity contribution is 9.10. The van der Waals surface area contributed by atoms with E-state index in [-0.39, 0.29) is 11.9 Å². The van der Waals surface area contributed by atoms with Crippen molar-refractivity contribution in [3.05, 3.63) is 34.1 Å². The summed E-state index contributed by atoms with van der Waals surface area (Å²) in [6, 6.07) is 5.11.